The van der Waals surface area contributed by atoms with Crippen molar-refractivity contribution in [3.05, 3.63) is 59.7 Å². The second kappa shape index (κ2) is 9.39. The van der Waals surface area contributed by atoms with Crippen molar-refractivity contribution in [2.75, 3.05) is 13.1 Å². The van der Waals surface area contributed by atoms with Gasteiger partial charge in [0, 0.05) is 25.8 Å². The molecule has 1 fully saturated rings. The quantitative estimate of drug-likeness (QED) is 0.802. The Morgan fingerprint density at radius 1 is 1.23 bits per heavy atom. The van der Waals surface area contributed by atoms with Gasteiger partial charge in [-0.1, -0.05) is 29.9 Å². The van der Waals surface area contributed by atoms with E-state index >= 15 is 0 Å². The predicted octanol–water partition coefficient (Wildman–Crippen LogP) is 4.61. The topological polar surface area (TPSA) is 86.0 Å². The smallest absolute Gasteiger partial charge is 0.229 e. The molecule has 2 aliphatic rings. The van der Waals surface area contributed by atoms with Crippen LogP contribution in [-0.4, -0.2) is 38.4 Å². The van der Waals surface area contributed by atoms with E-state index < -0.39 is 0 Å². The summed E-state index contributed by atoms with van der Waals surface area (Å²) < 4.78 is 2.30. The second-order valence-corrected chi connectivity index (χ2v) is 8.41. The molecule has 1 aliphatic carbocycles. The average Bonchev–Trinajstić information content (AvgIpc) is 2.89. The molecule has 0 spiro atoms. The first-order valence-corrected chi connectivity index (χ1v) is 10.6. The van der Waals surface area contributed by atoms with Crippen LogP contribution in [0.5, 0.6) is 0 Å². The molecule has 30 heavy (non-hydrogen) atoms. The lowest BCUT2D eigenvalue weighted by Gasteiger charge is -2.34. The van der Waals surface area contributed by atoms with Gasteiger partial charge in [-0.3, -0.25) is 9.78 Å². The minimum Gasteiger partial charge on any atom is -0.344 e. The number of aromatic nitrogens is 3. The van der Waals surface area contributed by atoms with Crippen LogP contribution in [0, 0.1) is 18.8 Å². The number of nitrogens with zero attached hydrogens (tertiary/aromatic N) is 4. The highest BCUT2D eigenvalue weighted by atomic mass is 16.2. The Kier molecular flexibility index (Phi) is 6.87. The van der Waals surface area contributed by atoms with Crippen LogP contribution in [-0.2, 0) is 11.3 Å². The molecular formula is C24H33N5O. The van der Waals surface area contributed by atoms with Crippen LogP contribution in [0.1, 0.15) is 38.9 Å². The van der Waals surface area contributed by atoms with Gasteiger partial charge in [0.2, 0.25) is 5.91 Å². The summed E-state index contributed by atoms with van der Waals surface area (Å²) >= 11 is 0. The summed E-state index contributed by atoms with van der Waals surface area (Å²) in [6, 6.07) is 2.04. The van der Waals surface area contributed by atoms with Crippen LogP contribution < -0.4 is 6.15 Å². The highest BCUT2D eigenvalue weighted by molar-refractivity contribution is 5.82. The third-order valence-electron chi connectivity index (χ3n) is 6.29. The molecule has 6 nitrogen and oxygen atoms in total. The van der Waals surface area contributed by atoms with Crippen molar-refractivity contribution in [3.63, 3.8) is 0 Å². The molecule has 4 rings (SSSR count). The molecule has 3 heterocycles. The van der Waals surface area contributed by atoms with Crippen LogP contribution in [0.4, 0.5) is 0 Å². The van der Waals surface area contributed by atoms with Crippen molar-refractivity contribution in [2.24, 2.45) is 11.8 Å². The number of imidazole rings is 1. The van der Waals surface area contributed by atoms with Gasteiger partial charge in [-0.2, -0.15) is 0 Å². The number of hydrogen-bond donors (Lipinski definition) is 1. The Bertz CT molecular complexity index is 992. The predicted molar refractivity (Wildman–Crippen MR) is 121 cm³/mol. The minimum absolute atomic E-state index is 0. The van der Waals surface area contributed by atoms with Crippen LogP contribution in [0.25, 0.3) is 11.0 Å². The van der Waals surface area contributed by atoms with E-state index in [1.54, 1.807) is 0 Å². The number of piperidine rings is 1. The summed E-state index contributed by atoms with van der Waals surface area (Å²) in [6.07, 6.45) is 15.2. The minimum atomic E-state index is -0.0858. The number of carbonyl (C=O) groups is 1. The maximum Gasteiger partial charge on any atom is 0.229 e. The van der Waals surface area contributed by atoms with Gasteiger partial charge in [-0.05, 0) is 57.6 Å². The van der Waals surface area contributed by atoms with Gasteiger partial charge >= 0.3 is 0 Å². The molecule has 6 heteroatoms. The van der Waals surface area contributed by atoms with E-state index in [0.29, 0.717) is 5.92 Å². The molecule has 3 N–H and O–H groups in total. The van der Waals surface area contributed by atoms with E-state index in [-0.39, 0.29) is 18.0 Å². The number of fused-ring (bicyclic) bond motifs is 1. The Morgan fingerprint density at radius 3 is 2.77 bits per heavy atom. The number of likely N-dealkylation sites (tertiary alicyclic amines) is 1. The molecule has 160 valence electrons. The Balaban J connectivity index is 0.00000256. The summed E-state index contributed by atoms with van der Waals surface area (Å²) in [7, 11) is 0. The second-order valence-electron chi connectivity index (χ2n) is 8.41. The molecule has 2 aromatic rings. The fourth-order valence-electron chi connectivity index (χ4n) is 4.37. The van der Waals surface area contributed by atoms with Gasteiger partial charge in [-0.25, -0.2) is 4.98 Å². The fraction of sp³-hybridized carbons (Fsp3) is 0.458. The van der Waals surface area contributed by atoms with Crippen molar-refractivity contribution in [1.29, 1.82) is 0 Å². The lowest BCUT2D eigenvalue weighted by molar-refractivity contribution is -0.135. The molecule has 0 saturated carbocycles. The van der Waals surface area contributed by atoms with Crippen molar-refractivity contribution in [2.45, 2.75) is 46.6 Å². The first-order chi connectivity index (χ1) is 14.0. The third-order valence-corrected chi connectivity index (χ3v) is 6.29. The molecule has 1 unspecified atom stereocenters. The van der Waals surface area contributed by atoms with Crippen LogP contribution in [0.3, 0.4) is 0 Å². The Hall–Kier alpha value is -2.73. The van der Waals surface area contributed by atoms with Crippen LogP contribution >= 0.6 is 0 Å². The number of amides is 1. The van der Waals surface area contributed by atoms with E-state index in [1.165, 1.54) is 5.57 Å². The van der Waals surface area contributed by atoms with Crippen molar-refractivity contribution >= 4 is 16.9 Å². The first kappa shape index (κ1) is 22.0. The Morgan fingerprint density at radius 2 is 2.00 bits per heavy atom. The normalized spacial score (nSPS) is 18.4. The molecule has 1 saturated heterocycles. The van der Waals surface area contributed by atoms with Gasteiger partial charge < -0.3 is 15.6 Å². The maximum absolute atomic E-state index is 13.1. The lowest BCUT2D eigenvalue weighted by atomic mass is 9.93. The molecule has 0 bridgehead atoms. The average molecular weight is 408 g/mol. The zero-order valence-corrected chi connectivity index (χ0v) is 18.3. The van der Waals surface area contributed by atoms with E-state index in [0.717, 1.165) is 61.3 Å². The Labute approximate surface area is 179 Å². The number of pyridine rings is 1. The van der Waals surface area contributed by atoms with E-state index in [9.17, 15) is 4.79 Å². The number of rotatable bonds is 4. The first-order valence-electron chi connectivity index (χ1n) is 10.6. The molecule has 0 radical (unpaired) electrons. The molecule has 1 atom stereocenters. The number of allylic oxidation sites excluding steroid dienone is 5. The van der Waals surface area contributed by atoms with Gasteiger partial charge in [0.25, 0.3) is 0 Å². The number of carbonyl (C=O) groups excluding carboxylic acids is 1. The summed E-state index contributed by atoms with van der Waals surface area (Å²) in [4.78, 5) is 23.9. The number of hydrogen-bond acceptors (Lipinski definition) is 4. The zero-order valence-electron chi connectivity index (χ0n) is 18.3. The molecule has 0 aromatic carbocycles. The highest BCUT2D eigenvalue weighted by Crippen LogP contribution is 2.26. The van der Waals surface area contributed by atoms with E-state index in [2.05, 4.69) is 57.6 Å². The summed E-state index contributed by atoms with van der Waals surface area (Å²) in [5.74, 6) is 1.77. The maximum atomic E-state index is 13.1. The van der Waals surface area contributed by atoms with Crippen LogP contribution in [0.15, 0.2) is 53.9 Å². The monoisotopic (exact) mass is 407 g/mol. The molecule has 1 aliphatic heterocycles. The summed E-state index contributed by atoms with van der Waals surface area (Å²) in [6.45, 7) is 8.86. The standard InChI is InChI=1S/C24H30N4O.H3N/c1-17-5-4-6-21(8-7-17)18(2)24(29)27-13-10-20(11-14-27)16-28-19(3)26-22-15-25-12-9-23(22)28;/h4,6-9,12,15,18,20H,5,10-11,13-14,16H2,1-3H3;1H3. The lowest BCUT2D eigenvalue weighted by Crippen LogP contribution is -2.42. The van der Waals surface area contributed by atoms with Gasteiger partial charge in [-0.15, -0.1) is 0 Å². The third kappa shape index (κ3) is 4.54. The van der Waals surface area contributed by atoms with Crippen molar-refractivity contribution in [1.82, 2.24) is 25.6 Å². The van der Waals surface area contributed by atoms with E-state index in [4.69, 9.17) is 0 Å². The van der Waals surface area contributed by atoms with Crippen molar-refractivity contribution < 1.29 is 4.79 Å². The SMILES string of the molecule is CC1=CC=C(C(C)C(=O)N2CCC(Cn3c(C)nc4cnccc43)CC2)C=CC1.N. The fourth-order valence-corrected chi connectivity index (χ4v) is 4.37. The highest BCUT2D eigenvalue weighted by Gasteiger charge is 2.27. The zero-order chi connectivity index (χ0) is 20.4. The molecule has 1 amide bonds. The van der Waals surface area contributed by atoms with E-state index in [1.807, 2.05) is 25.4 Å². The van der Waals surface area contributed by atoms with Gasteiger partial charge in [0.05, 0.1) is 17.6 Å². The number of aryl methyl sites for hydroxylation is 1. The summed E-state index contributed by atoms with van der Waals surface area (Å²) in [5.41, 5.74) is 4.55. The van der Waals surface area contributed by atoms with Crippen molar-refractivity contribution in [3.8, 4) is 0 Å². The largest absolute Gasteiger partial charge is 0.344 e. The molecular weight excluding hydrogens is 374 g/mol. The molecule has 2 aromatic heterocycles. The summed E-state index contributed by atoms with van der Waals surface area (Å²) in [5, 5.41) is 0. The van der Waals surface area contributed by atoms with Gasteiger partial charge in [0.15, 0.2) is 0 Å². The van der Waals surface area contributed by atoms with Crippen LogP contribution in [0.2, 0.25) is 0 Å². The van der Waals surface area contributed by atoms with Gasteiger partial charge in [0.1, 0.15) is 11.3 Å².